The minimum Gasteiger partial charge on any atom is -0.393 e. The Labute approximate surface area is 92.6 Å². The Morgan fingerprint density at radius 3 is 2.67 bits per heavy atom. The van der Waals surface area contributed by atoms with Crippen molar-refractivity contribution in [3.63, 3.8) is 0 Å². The van der Waals surface area contributed by atoms with Crippen LogP contribution < -0.4 is 0 Å². The van der Waals surface area contributed by atoms with E-state index < -0.39 is 11.0 Å². The van der Waals surface area contributed by atoms with Crippen molar-refractivity contribution in [1.29, 1.82) is 0 Å². The predicted molar refractivity (Wildman–Crippen MR) is 58.2 cm³/mol. The van der Waals surface area contributed by atoms with Gasteiger partial charge in [0.25, 0.3) is 5.69 Å². The lowest BCUT2D eigenvalue weighted by atomic mass is 10.0. The number of rotatable bonds is 3. The van der Waals surface area contributed by atoms with Crippen LogP contribution in [-0.2, 0) is 6.42 Å². The normalized spacial score (nSPS) is 12.5. The van der Waals surface area contributed by atoms with Crippen LogP contribution in [0.1, 0.15) is 18.1 Å². The number of halogens is 1. The van der Waals surface area contributed by atoms with Gasteiger partial charge in [0.1, 0.15) is 5.02 Å². The van der Waals surface area contributed by atoms with E-state index in [-0.39, 0.29) is 10.7 Å². The van der Waals surface area contributed by atoms with Crippen molar-refractivity contribution in [1.82, 2.24) is 0 Å². The zero-order valence-corrected chi connectivity index (χ0v) is 9.28. The van der Waals surface area contributed by atoms with E-state index in [2.05, 4.69) is 0 Å². The average Bonchev–Trinajstić information content (AvgIpc) is 2.09. The van der Waals surface area contributed by atoms with Gasteiger partial charge in [-0.3, -0.25) is 10.1 Å². The number of aryl methyl sites for hydroxylation is 1. The topological polar surface area (TPSA) is 63.4 Å². The van der Waals surface area contributed by atoms with Gasteiger partial charge in [-0.25, -0.2) is 0 Å². The first-order valence-electron chi connectivity index (χ1n) is 4.53. The fourth-order valence-corrected chi connectivity index (χ4v) is 1.64. The molecule has 0 fully saturated rings. The lowest BCUT2D eigenvalue weighted by molar-refractivity contribution is -0.384. The summed E-state index contributed by atoms with van der Waals surface area (Å²) in [5.74, 6) is 0. The van der Waals surface area contributed by atoms with Gasteiger partial charge in [0, 0.05) is 6.07 Å². The molecule has 82 valence electrons. The summed E-state index contributed by atoms with van der Waals surface area (Å²) >= 11 is 5.76. The maximum absolute atomic E-state index is 10.6. The fourth-order valence-electron chi connectivity index (χ4n) is 1.39. The van der Waals surface area contributed by atoms with Gasteiger partial charge >= 0.3 is 0 Å². The Balaban J connectivity index is 3.13. The van der Waals surface area contributed by atoms with Crippen LogP contribution in [0.5, 0.6) is 0 Å². The van der Waals surface area contributed by atoms with E-state index in [1.165, 1.54) is 6.07 Å². The summed E-state index contributed by atoms with van der Waals surface area (Å²) in [7, 11) is 0. The summed E-state index contributed by atoms with van der Waals surface area (Å²) in [6.07, 6.45) is -0.0370. The smallest absolute Gasteiger partial charge is 0.288 e. The highest BCUT2D eigenvalue weighted by atomic mass is 35.5. The zero-order valence-electron chi connectivity index (χ0n) is 8.53. The average molecular weight is 230 g/mol. The first-order chi connectivity index (χ1) is 6.91. The standard InChI is InChI=1S/C10H12ClNO3/c1-6-3-10(12(14)15)9(11)5-8(6)4-7(2)13/h3,5,7,13H,4H2,1-2H3. The Kier molecular flexibility index (Phi) is 3.66. The first kappa shape index (κ1) is 11.9. The molecule has 4 nitrogen and oxygen atoms in total. The molecule has 15 heavy (non-hydrogen) atoms. The largest absolute Gasteiger partial charge is 0.393 e. The Hall–Kier alpha value is -1.13. The second-order valence-corrected chi connectivity index (χ2v) is 3.95. The van der Waals surface area contributed by atoms with Gasteiger partial charge in [-0.05, 0) is 37.5 Å². The van der Waals surface area contributed by atoms with Crippen molar-refractivity contribution in [2.75, 3.05) is 0 Å². The molecule has 0 heterocycles. The summed E-state index contributed by atoms with van der Waals surface area (Å²) in [5, 5.41) is 19.9. The van der Waals surface area contributed by atoms with Crippen LogP contribution in [0.25, 0.3) is 0 Å². The molecule has 0 bridgehead atoms. The van der Waals surface area contributed by atoms with Gasteiger partial charge in [-0.15, -0.1) is 0 Å². The lowest BCUT2D eigenvalue weighted by Crippen LogP contribution is -2.06. The number of hydrogen-bond donors (Lipinski definition) is 1. The molecule has 0 saturated carbocycles. The molecule has 0 amide bonds. The van der Waals surface area contributed by atoms with Gasteiger partial charge in [-0.1, -0.05) is 11.6 Å². The van der Waals surface area contributed by atoms with E-state index in [0.29, 0.717) is 6.42 Å². The van der Waals surface area contributed by atoms with Crippen LogP contribution in [-0.4, -0.2) is 16.1 Å². The summed E-state index contributed by atoms with van der Waals surface area (Å²) in [6.45, 7) is 3.43. The maximum atomic E-state index is 10.6. The third-order valence-electron chi connectivity index (χ3n) is 2.12. The van der Waals surface area contributed by atoms with Crippen molar-refractivity contribution >= 4 is 17.3 Å². The number of nitrogens with zero attached hydrogens (tertiary/aromatic N) is 1. The highest BCUT2D eigenvalue weighted by Crippen LogP contribution is 2.28. The number of nitro groups is 1. The summed E-state index contributed by atoms with van der Waals surface area (Å²) in [4.78, 5) is 10.1. The second kappa shape index (κ2) is 4.59. The van der Waals surface area contributed by atoms with Gasteiger partial charge in [-0.2, -0.15) is 0 Å². The molecule has 0 aliphatic rings. The molecule has 0 aliphatic carbocycles. The van der Waals surface area contributed by atoms with Crippen molar-refractivity contribution < 1.29 is 10.0 Å². The van der Waals surface area contributed by atoms with Crippen LogP contribution >= 0.6 is 11.6 Å². The molecule has 0 aromatic heterocycles. The Bertz CT molecular complexity index is 390. The first-order valence-corrected chi connectivity index (χ1v) is 4.91. The molecule has 0 radical (unpaired) electrons. The molecule has 1 aromatic carbocycles. The zero-order chi connectivity index (χ0) is 11.6. The van der Waals surface area contributed by atoms with E-state index >= 15 is 0 Å². The highest BCUT2D eigenvalue weighted by molar-refractivity contribution is 6.32. The van der Waals surface area contributed by atoms with Crippen LogP contribution in [0.15, 0.2) is 12.1 Å². The fraction of sp³-hybridized carbons (Fsp3) is 0.400. The molecule has 0 saturated heterocycles. The maximum Gasteiger partial charge on any atom is 0.288 e. The van der Waals surface area contributed by atoms with Crippen LogP contribution in [0.3, 0.4) is 0 Å². The minimum atomic E-state index is -0.512. The lowest BCUT2D eigenvalue weighted by Gasteiger charge is -2.08. The number of benzene rings is 1. The Morgan fingerprint density at radius 2 is 2.20 bits per heavy atom. The van der Waals surface area contributed by atoms with Gasteiger partial charge < -0.3 is 5.11 Å². The van der Waals surface area contributed by atoms with Crippen LogP contribution in [0.2, 0.25) is 5.02 Å². The van der Waals surface area contributed by atoms with Gasteiger partial charge in [0.05, 0.1) is 11.0 Å². The molecule has 1 N–H and O–H groups in total. The van der Waals surface area contributed by atoms with Gasteiger partial charge in [0.15, 0.2) is 0 Å². The van der Waals surface area contributed by atoms with Crippen molar-refractivity contribution in [2.24, 2.45) is 0 Å². The SMILES string of the molecule is Cc1cc([N+](=O)[O-])c(Cl)cc1CC(C)O. The Morgan fingerprint density at radius 1 is 1.60 bits per heavy atom. The third kappa shape index (κ3) is 2.91. The summed E-state index contributed by atoms with van der Waals surface area (Å²) < 4.78 is 0. The summed E-state index contributed by atoms with van der Waals surface area (Å²) in [6, 6.07) is 2.97. The molecule has 1 atom stereocenters. The monoisotopic (exact) mass is 229 g/mol. The third-order valence-corrected chi connectivity index (χ3v) is 2.42. The molecular weight excluding hydrogens is 218 g/mol. The number of aliphatic hydroxyl groups excluding tert-OH is 1. The van der Waals surface area contributed by atoms with E-state index in [9.17, 15) is 15.2 Å². The number of aliphatic hydroxyl groups is 1. The molecule has 0 spiro atoms. The van der Waals surface area contributed by atoms with Crippen molar-refractivity contribution in [3.8, 4) is 0 Å². The number of hydrogen-bond acceptors (Lipinski definition) is 3. The van der Waals surface area contributed by atoms with E-state index in [1.807, 2.05) is 0 Å². The molecule has 1 rings (SSSR count). The van der Waals surface area contributed by atoms with E-state index in [0.717, 1.165) is 11.1 Å². The molecule has 5 heteroatoms. The molecular formula is C10H12ClNO3. The summed E-state index contributed by atoms with van der Waals surface area (Å²) in [5.41, 5.74) is 1.51. The highest BCUT2D eigenvalue weighted by Gasteiger charge is 2.15. The van der Waals surface area contributed by atoms with E-state index in [1.54, 1.807) is 19.9 Å². The quantitative estimate of drug-likeness (QED) is 0.640. The van der Waals surface area contributed by atoms with Crippen LogP contribution in [0, 0.1) is 17.0 Å². The van der Waals surface area contributed by atoms with E-state index in [4.69, 9.17) is 11.6 Å². The molecule has 1 aromatic rings. The molecule has 0 aliphatic heterocycles. The number of nitro benzene ring substituents is 1. The van der Waals surface area contributed by atoms with Crippen LogP contribution in [0.4, 0.5) is 5.69 Å². The second-order valence-electron chi connectivity index (χ2n) is 3.54. The van der Waals surface area contributed by atoms with Gasteiger partial charge in [0.2, 0.25) is 0 Å². The molecule has 1 unspecified atom stereocenters. The predicted octanol–water partition coefficient (Wildman–Crippen LogP) is 2.48. The van der Waals surface area contributed by atoms with Crippen molar-refractivity contribution in [2.45, 2.75) is 26.4 Å². The minimum absolute atomic E-state index is 0.0940. The van der Waals surface area contributed by atoms with Crippen molar-refractivity contribution in [3.05, 3.63) is 38.4 Å².